The summed E-state index contributed by atoms with van der Waals surface area (Å²) in [5.41, 5.74) is 0.550. The van der Waals surface area contributed by atoms with Gasteiger partial charge in [-0.2, -0.15) is 0 Å². The molecule has 0 unspecified atom stereocenters. The van der Waals surface area contributed by atoms with Crippen molar-refractivity contribution < 1.29 is 4.79 Å². The first kappa shape index (κ1) is 17.0. The van der Waals surface area contributed by atoms with Crippen LogP contribution in [0.25, 0.3) is 0 Å². The van der Waals surface area contributed by atoms with Gasteiger partial charge in [0, 0.05) is 10.4 Å². The lowest BCUT2D eigenvalue weighted by Crippen LogP contribution is -2.48. The number of hydrogen-bond donors (Lipinski definition) is 1. The molecule has 1 N–H and O–H groups in total. The number of carbonyl (C=O) groups is 1. The molecule has 0 spiro atoms. The summed E-state index contributed by atoms with van der Waals surface area (Å²) in [6.45, 7) is 0. The average Bonchev–Trinajstić information content (AvgIpc) is 3.05. The lowest BCUT2D eigenvalue weighted by atomic mass is 9.50. The molecule has 6 rings (SSSR count). The Morgan fingerprint density at radius 1 is 1.08 bits per heavy atom. The molecular weight excluding hydrogens is 389 g/mol. The molecule has 2 aromatic rings. The van der Waals surface area contributed by atoms with Gasteiger partial charge in [-0.15, -0.1) is 10.2 Å². The number of halogens is 2. The molecule has 1 heterocycles. The molecule has 4 fully saturated rings. The number of nitrogens with zero attached hydrogens (tertiary/aromatic N) is 2. The van der Waals surface area contributed by atoms with Crippen LogP contribution in [0.5, 0.6) is 0 Å². The summed E-state index contributed by atoms with van der Waals surface area (Å²) in [6, 6.07) is 4.86. The number of anilines is 1. The van der Waals surface area contributed by atoms with Crippen LogP contribution in [0.2, 0.25) is 10.0 Å². The molecule has 4 aliphatic carbocycles. The van der Waals surface area contributed by atoms with Gasteiger partial charge >= 0.3 is 0 Å². The number of amides is 1. The first-order chi connectivity index (χ1) is 12.5. The molecule has 0 atom stereocenters. The molecule has 4 bridgehead atoms. The Morgan fingerprint density at radius 3 is 2.38 bits per heavy atom. The van der Waals surface area contributed by atoms with Crippen LogP contribution in [-0.4, -0.2) is 16.1 Å². The largest absolute Gasteiger partial charge is 0.296 e. The van der Waals surface area contributed by atoms with E-state index >= 15 is 0 Å². The fourth-order valence-electron chi connectivity index (χ4n) is 5.70. The number of hydrogen-bond acceptors (Lipinski definition) is 4. The van der Waals surface area contributed by atoms with Crippen molar-refractivity contribution in [2.75, 3.05) is 5.32 Å². The second-order valence-corrected chi connectivity index (χ2v) is 10.0. The molecule has 4 saturated carbocycles. The van der Waals surface area contributed by atoms with Crippen LogP contribution in [0.1, 0.15) is 53.9 Å². The Kier molecular flexibility index (Phi) is 4.03. The first-order valence-corrected chi connectivity index (χ1v) is 10.7. The Bertz CT molecular complexity index is 846. The summed E-state index contributed by atoms with van der Waals surface area (Å²) in [7, 11) is 0. The monoisotopic (exact) mass is 407 g/mol. The summed E-state index contributed by atoms with van der Waals surface area (Å²) in [5.74, 6) is 2.26. The van der Waals surface area contributed by atoms with Crippen LogP contribution >= 0.6 is 34.5 Å². The van der Waals surface area contributed by atoms with Gasteiger partial charge in [0.2, 0.25) is 5.13 Å². The highest BCUT2D eigenvalue weighted by Crippen LogP contribution is 2.61. The summed E-state index contributed by atoms with van der Waals surface area (Å²) in [4.78, 5) is 12.5. The Hall–Kier alpha value is -1.17. The maximum absolute atomic E-state index is 12.5. The van der Waals surface area contributed by atoms with E-state index in [4.69, 9.17) is 23.2 Å². The molecule has 4 aliphatic rings. The molecular formula is C19H19Cl2N3OS. The van der Waals surface area contributed by atoms with E-state index in [1.807, 2.05) is 0 Å². The molecule has 1 aromatic carbocycles. The van der Waals surface area contributed by atoms with Gasteiger partial charge in [0.05, 0.1) is 10.6 Å². The van der Waals surface area contributed by atoms with Gasteiger partial charge in [-0.05, 0) is 74.5 Å². The third-order valence-corrected chi connectivity index (χ3v) is 7.96. The third kappa shape index (κ3) is 2.85. The molecule has 26 heavy (non-hydrogen) atoms. The van der Waals surface area contributed by atoms with E-state index in [-0.39, 0.29) is 11.3 Å². The lowest BCUT2D eigenvalue weighted by molar-refractivity contribution is -0.00555. The highest BCUT2D eigenvalue weighted by molar-refractivity contribution is 7.15. The minimum atomic E-state index is -0.300. The van der Waals surface area contributed by atoms with Gasteiger partial charge < -0.3 is 0 Å². The van der Waals surface area contributed by atoms with Crippen molar-refractivity contribution in [2.24, 2.45) is 17.8 Å². The Morgan fingerprint density at radius 2 is 1.73 bits per heavy atom. The van der Waals surface area contributed by atoms with Crippen LogP contribution in [0.15, 0.2) is 18.2 Å². The molecule has 1 amide bonds. The summed E-state index contributed by atoms with van der Waals surface area (Å²) in [6.07, 6.45) is 7.91. The number of carbonyl (C=O) groups excluding carboxylic acids is 1. The van der Waals surface area contributed by atoms with E-state index in [1.54, 1.807) is 18.2 Å². The van der Waals surface area contributed by atoms with Crippen LogP contribution < -0.4 is 5.32 Å². The highest BCUT2D eigenvalue weighted by atomic mass is 35.5. The zero-order valence-corrected chi connectivity index (χ0v) is 16.5. The lowest BCUT2D eigenvalue weighted by Gasteiger charge is -2.55. The number of rotatable bonds is 3. The second kappa shape index (κ2) is 6.18. The van der Waals surface area contributed by atoms with Crippen molar-refractivity contribution in [3.63, 3.8) is 0 Å². The Labute approximate surface area is 166 Å². The summed E-state index contributed by atoms with van der Waals surface area (Å²) < 4.78 is 0. The van der Waals surface area contributed by atoms with Crippen molar-refractivity contribution >= 4 is 45.6 Å². The molecule has 4 nitrogen and oxygen atoms in total. The van der Waals surface area contributed by atoms with E-state index in [1.165, 1.54) is 49.9 Å². The van der Waals surface area contributed by atoms with Crippen molar-refractivity contribution in [2.45, 2.75) is 43.9 Å². The normalized spacial score (nSPS) is 32.0. The predicted octanol–water partition coefficient (Wildman–Crippen LogP) is 5.57. The van der Waals surface area contributed by atoms with E-state index in [0.29, 0.717) is 20.7 Å². The van der Waals surface area contributed by atoms with Gasteiger partial charge in [-0.25, -0.2) is 0 Å². The van der Waals surface area contributed by atoms with Gasteiger partial charge in [-0.1, -0.05) is 34.5 Å². The van der Waals surface area contributed by atoms with Crippen LogP contribution in [-0.2, 0) is 5.41 Å². The smallest absolute Gasteiger partial charge is 0.259 e. The molecule has 0 radical (unpaired) electrons. The SMILES string of the molecule is O=C(Nc1nnc(C23CC4CC(CC(C4)C2)C3)s1)c1cc(Cl)ccc1Cl. The van der Waals surface area contributed by atoms with Crippen LogP contribution in [0.3, 0.4) is 0 Å². The van der Waals surface area contributed by atoms with E-state index in [9.17, 15) is 4.79 Å². The number of nitrogens with one attached hydrogen (secondary N) is 1. The highest BCUT2D eigenvalue weighted by Gasteiger charge is 2.53. The van der Waals surface area contributed by atoms with E-state index < -0.39 is 0 Å². The summed E-state index contributed by atoms with van der Waals surface area (Å²) >= 11 is 13.6. The van der Waals surface area contributed by atoms with Crippen molar-refractivity contribution in [3.05, 3.63) is 38.8 Å². The second-order valence-electron chi connectivity index (χ2n) is 8.19. The fraction of sp³-hybridized carbons (Fsp3) is 0.526. The predicted molar refractivity (Wildman–Crippen MR) is 104 cm³/mol. The van der Waals surface area contributed by atoms with Crippen molar-refractivity contribution in [3.8, 4) is 0 Å². The number of aromatic nitrogens is 2. The topological polar surface area (TPSA) is 54.9 Å². The van der Waals surface area contributed by atoms with Crippen LogP contribution in [0, 0.1) is 17.8 Å². The standard InChI is InChI=1S/C19H19Cl2N3OS/c20-13-1-2-15(21)14(6-13)16(25)22-18-24-23-17(26-18)19-7-10-3-11(8-19)5-12(4-10)9-19/h1-2,6,10-12H,3-5,7-9H2,(H,22,24,25). The number of benzene rings is 1. The molecule has 136 valence electrons. The Balaban J connectivity index is 1.38. The minimum Gasteiger partial charge on any atom is -0.296 e. The first-order valence-electron chi connectivity index (χ1n) is 9.11. The quantitative estimate of drug-likeness (QED) is 0.723. The molecule has 7 heteroatoms. The van der Waals surface area contributed by atoms with E-state index in [2.05, 4.69) is 15.5 Å². The molecule has 1 aromatic heterocycles. The van der Waals surface area contributed by atoms with Crippen LogP contribution in [0.4, 0.5) is 5.13 Å². The van der Waals surface area contributed by atoms with Crippen molar-refractivity contribution in [1.82, 2.24) is 10.2 Å². The zero-order valence-electron chi connectivity index (χ0n) is 14.2. The van der Waals surface area contributed by atoms with Gasteiger partial charge in [0.1, 0.15) is 5.01 Å². The zero-order chi connectivity index (χ0) is 17.9. The minimum absolute atomic E-state index is 0.198. The van der Waals surface area contributed by atoms with Crippen molar-refractivity contribution in [1.29, 1.82) is 0 Å². The molecule has 0 aliphatic heterocycles. The molecule has 0 saturated heterocycles. The van der Waals surface area contributed by atoms with E-state index in [0.717, 1.165) is 22.8 Å². The average molecular weight is 408 g/mol. The maximum atomic E-state index is 12.5. The summed E-state index contributed by atoms with van der Waals surface area (Å²) in [5, 5.41) is 14.1. The fourth-order valence-corrected chi connectivity index (χ4v) is 7.03. The van der Waals surface area contributed by atoms with Gasteiger partial charge in [0.15, 0.2) is 0 Å². The maximum Gasteiger partial charge on any atom is 0.259 e. The third-order valence-electron chi connectivity index (χ3n) is 6.31. The van der Waals surface area contributed by atoms with Gasteiger partial charge in [0.25, 0.3) is 5.91 Å². The van der Waals surface area contributed by atoms with Gasteiger partial charge in [-0.3, -0.25) is 10.1 Å².